The number of carbonyl (C=O) groups is 1. The number of hydrogen-bond acceptors (Lipinski definition) is 5. The number of para-hydroxylation sites is 2. The van der Waals surface area contributed by atoms with Crippen molar-refractivity contribution in [1.82, 2.24) is 14.6 Å². The highest BCUT2D eigenvalue weighted by molar-refractivity contribution is 8.00. The number of benzene rings is 2. The van der Waals surface area contributed by atoms with E-state index in [-0.39, 0.29) is 11.2 Å². The topological polar surface area (TPSA) is 50.5 Å². The largest absolute Gasteiger partial charge is 0.311 e. The summed E-state index contributed by atoms with van der Waals surface area (Å²) in [5.41, 5.74) is 3.37. The Bertz CT molecular complexity index is 1130. The second-order valence-electron chi connectivity index (χ2n) is 6.30. The fraction of sp³-hybridized carbons (Fsp3) is 0.211. The summed E-state index contributed by atoms with van der Waals surface area (Å²) in [5.74, 6) is 0.122. The zero-order valence-corrected chi connectivity index (χ0v) is 15.8. The van der Waals surface area contributed by atoms with Crippen LogP contribution in [0.2, 0.25) is 0 Å². The van der Waals surface area contributed by atoms with Crippen LogP contribution in [0.25, 0.3) is 15.2 Å². The van der Waals surface area contributed by atoms with Crippen LogP contribution >= 0.6 is 23.1 Å². The van der Waals surface area contributed by atoms with Crippen LogP contribution in [0.5, 0.6) is 0 Å². The van der Waals surface area contributed by atoms with Crippen LogP contribution in [0.15, 0.2) is 53.7 Å². The molecule has 0 spiro atoms. The third-order valence-corrected chi connectivity index (χ3v) is 6.74. The molecule has 1 aliphatic heterocycles. The number of hydrogen-bond donors (Lipinski definition) is 0. The van der Waals surface area contributed by atoms with Crippen LogP contribution in [0.1, 0.15) is 12.5 Å². The average Bonchev–Trinajstić information content (AvgIpc) is 3.35. The summed E-state index contributed by atoms with van der Waals surface area (Å²) in [6, 6.07) is 16.3. The summed E-state index contributed by atoms with van der Waals surface area (Å²) >= 11 is 3.09. The van der Waals surface area contributed by atoms with Crippen molar-refractivity contribution in [3.05, 3.63) is 54.1 Å². The first-order valence-electron chi connectivity index (χ1n) is 8.51. The van der Waals surface area contributed by atoms with Gasteiger partial charge in [0.05, 0.1) is 15.5 Å². The van der Waals surface area contributed by atoms with E-state index in [1.807, 2.05) is 46.6 Å². The Balaban J connectivity index is 1.45. The standard InChI is InChI=1S/C19H16N4OS2/c1-12(17(24)22-11-10-13-6-2-3-7-14(13)22)25-18-20-21-19-23(18)15-8-4-5-9-16(15)26-19/h2-9,12H,10-11H2,1H3. The number of fused-ring (bicyclic) bond motifs is 4. The minimum absolute atomic E-state index is 0.122. The van der Waals surface area contributed by atoms with Crippen molar-refractivity contribution in [3.63, 3.8) is 0 Å². The quantitative estimate of drug-likeness (QED) is 0.504. The van der Waals surface area contributed by atoms with Gasteiger partial charge >= 0.3 is 0 Å². The predicted octanol–water partition coefficient (Wildman–Crippen LogP) is 4.01. The van der Waals surface area contributed by atoms with Gasteiger partial charge in [-0.25, -0.2) is 0 Å². The second kappa shape index (κ2) is 6.10. The fourth-order valence-corrected chi connectivity index (χ4v) is 5.37. The smallest absolute Gasteiger partial charge is 0.240 e. The molecule has 0 fully saturated rings. The molecule has 1 unspecified atom stereocenters. The van der Waals surface area contributed by atoms with E-state index in [1.165, 1.54) is 22.0 Å². The zero-order chi connectivity index (χ0) is 17.7. The number of carbonyl (C=O) groups excluding carboxylic acids is 1. The third kappa shape index (κ3) is 2.42. The van der Waals surface area contributed by atoms with Crippen molar-refractivity contribution in [3.8, 4) is 0 Å². The first-order valence-corrected chi connectivity index (χ1v) is 10.2. The first-order chi connectivity index (χ1) is 12.7. The van der Waals surface area contributed by atoms with Crippen LogP contribution in [-0.4, -0.2) is 32.3 Å². The Hall–Kier alpha value is -2.38. The van der Waals surface area contributed by atoms with E-state index < -0.39 is 0 Å². The number of thiazole rings is 1. The van der Waals surface area contributed by atoms with Gasteiger partial charge in [-0.05, 0) is 37.1 Å². The molecule has 0 aliphatic carbocycles. The number of anilines is 1. The Morgan fingerprint density at radius 1 is 1.15 bits per heavy atom. The van der Waals surface area contributed by atoms with Gasteiger partial charge in [-0.15, -0.1) is 10.2 Å². The second-order valence-corrected chi connectivity index (χ2v) is 8.62. The number of thioether (sulfide) groups is 1. The monoisotopic (exact) mass is 380 g/mol. The Morgan fingerprint density at radius 3 is 2.88 bits per heavy atom. The minimum Gasteiger partial charge on any atom is -0.311 e. The molecular weight excluding hydrogens is 364 g/mol. The lowest BCUT2D eigenvalue weighted by Crippen LogP contribution is -2.35. The highest BCUT2D eigenvalue weighted by atomic mass is 32.2. The van der Waals surface area contributed by atoms with Crippen LogP contribution < -0.4 is 4.90 Å². The van der Waals surface area contributed by atoms with Gasteiger partial charge < -0.3 is 4.90 Å². The van der Waals surface area contributed by atoms with Gasteiger partial charge in [0.25, 0.3) is 0 Å². The molecule has 1 aliphatic rings. The molecule has 1 amide bonds. The first kappa shape index (κ1) is 15.8. The van der Waals surface area contributed by atoms with Gasteiger partial charge in [0, 0.05) is 12.2 Å². The van der Waals surface area contributed by atoms with Crippen LogP contribution in [-0.2, 0) is 11.2 Å². The number of rotatable bonds is 3. The molecule has 5 rings (SSSR count). The van der Waals surface area contributed by atoms with Gasteiger partial charge in [-0.1, -0.05) is 53.4 Å². The van der Waals surface area contributed by atoms with Crippen LogP contribution in [0, 0.1) is 0 Å². The third-order valence-electron chi connectivity index (χ3n) is 4.69. The normalized spacial score (nSPS) is 14.9. The van der Waals surface area contributed by atoms with Gasteiger partial charge in [0.15, 0.2) is 5.16 Å². The van der Waals surface area contributed by atoms with E-state index in [9.17, 15) is 4.79 Å². The molecule has 0 bridgehead atoms. The summed E-state index contributed by atoms with van der Waals surface area (Å²) in [7, 11) is 0. The molecule has 1 atom stereocenters. The van der Waals surface area contributed by atoms with E-state index in [1.54, 1.807) is 11.3 Å². The van der Waals surface area contributed by atoms with E-state index in [0.717, 1.165) is 34.3 Å². The lowest BCUT2D eigenvalue weighted by Gasteiger charge is -2.20. The Labute approximate surface area is 158 Å². The maximum Gasteiger partial charge on any atom is 0.240 e. The maximum absolute atomic E-state index is 13.0. The maximum atomic E-state index is 13.0. The zero-order valence-electron chi connectivity index (χ0n) is 14.1. The van der Waals surface area contributed by atoms with Crippen molar-refractivity contribution in [2.24, 2.45) is 0 Å². The molecule has 2 aromatic heterocycles. The molecule has 0 saturated heterocycles. The highest BCUT2D eigenvalue weighted by Crippen LogP contribution is 2.33. The summed E-state index contributed by atoms with van der Waals surface area (Å²) in [6.07, 6.45) is 0.920. The molecule has 26 heavy (non-hydrogen) atoms. The van der Waals surface area contributed by atoms with Crippen molar-refractivity contribution in [1.29, 1.82) is 0 Å². The van der Waals surface area contributed by atoms with Crippen molar-refractivity contribution >= 4 is 49.9 Å². The summed E-state index contributed by atoms with van der Waals surface area (Å²) < 4.78 is 3.22. The molecular formula is C19H16N4OS2. The molecule has 5 nitrogen and oxygen atoms in total. The van der Waals surface area contributed by atoms with Crippen LogP contribution in [0.4, 0.5) is 5.69 Å². The van der Waals surface area contributed by atoms with E-state index in [4.69, 9.17) is 0 Å². The summed E-state index contributed by atoms with van der Waals surface area (Å²) in [6.45, 7) is 2.70. The van der Waals surface area contributed by atoms with Gasteiger partial charge in [-0.3, -0.25) is 9.20 Å². The van der Waals surface area contributed by atoms with Gasteiger partial charge in [-0.2, -0.15) is 0 Å². The van der Waals surface area contributed by atoms with E-state index in [0.29, 0.717) is 0 Å². The number of amides is 1. The van der Waals surface area contributed by atoms with E-state index in [2.05, 4.69) is 28.4 Å². The average molecular weight is 380 g/mol. The molecule has 2 aromatic carbocycles. The number of aromatic nitrogens is 3. The van der Waals surface area contributed by atoms with E-state index >= 15 is 0 Å². The van der Waals surface area contributed by atoms with Crippen molar-refractivity contribution in [2.75, 3.05) is 11.4 Å². The summed E-state index contributed by atoms with van der Waals surface area (Å²) in [5, 5.41) is 9.14. The lowest BCUT2D eigenvalue weighted by atomic mass is 10.2. The molecule has 4 aromatic rings. The Kier molecular flexibility index (Phi) is 3.72. The van der Waals surface area contributed by atoms with Crippen LogP contribution in [0.3, 0.4) is 0 Å². The summed E-state index contributed by atoms with van der Waals surface area (Å²) in [4.78, 5) is 15.8. The van der Waals surface area contributed by atoms with Gasteiger partial charge in [0.1, 0.15) is 0 Å². The van der Waals surface area contributed by atoms with Crippen molar-refractivity contribution in [2.45, 2.75) is 23.8 Å². The molecule has 0 saturated carbocycles. The Morgan fingerprint density at radius 2 is 1.96 bits per heavy atom. The molecule has 0 N–H and O–H groups in total. The predicted molar refractivity (Wildman–Crippen MR) is 106 cm³/mol. The molecule has 7 heteroatoms. The fourth-order valence-electron chi connectivity index (χ4n) is 3.43. The molecule has 0 radical (unpaired) electrons. The molecule has 3 heterocycles. The minimum atomic E-state index is -0.229. The molecule has 130 valence electrons. The highest BCUT2D eigenvalue weighted by Gasteiger charge is 2.29. The van der Waals surface area contributed by atoms with Gasteiger partial charge in [0.2, 0.25) is 10.9 Å². The number of nitrogens with zero attached hydrogens (tertiary/aromatic N) is 4. The van der Waals surface area contributed by atoms with Crippen molar-refractivity contribution < 1.29 is 4.79 Å². The lowest BCUT2D eigenvalue weighted by molar-refractivity contribution is -0.117. The SMILES string of the molecule is CC(Sc1nnc2sc3ccccc3n12)C(=O)N1CCc2ccccc21.